The van der Waals surface area contributed by atoms with Crippen LogP contribution in [0.25, 0.3) is 22.1 Å². The van der Waals surface area contributed by atoms with Crippen LogP contribution in [0.15, 0.2) is 85.2 Å². The van der Waals surface area contributed by atoms with Crippen molar-refractivity contribution in [2.24, 2.45) is 0 Å². The van der Waals surface area contributed by atoms with Crippen molar-refractivity contribution in [2.75, 3.05) is 0 Å². The van der Waals surface area contributed by atoms with Crippen LogP contribution in [0.1, 0.15) is 16.1 Å². The summed E-state index contributed by atoms with van der Waals surface area (Å²) in [5.74, 6) is 0.546. The molecule has 152 valence electrons. The molecule has 4 aromatic heterocycles. The first-order chi connectivity index (χ1) is 15.3. The van der Waals surface area contributed by atoms with Crippen LogP contribution < -0.4 is 5.32 Å². The fraction of sp³-hybridized carbons (Fsp3) is 0.0455. The topological polar surface area (TPSA) is 90.5 Å². The third kappa shape index (κ3) is 4.12. The Morgan fingerprint density at radius 2 is 2.00 bits per heavy atom. The summed E-state index contributed by atoms with van der Waals surface area (Å²) in [6.45, 7) is 0.370. The highest BCUT2D eigenvalue weighted by molar-refractivity contribution is 7.13. The molecule has 0 aliphatic carbocycles. The number of amides is 1. The Balaban J connectivity index is 1.23. The molecule has 4 heterocycles. The molecule has 5 aromatic rings. The van der Waals surface area contributed by atoms with Crippen LogP contribution in [0, 0.1) is 0 Å². The number of benzene rings is 1. The molecular formula is C22H17N7OS. The molecule has 0 radical (unpaired) electrons. The third-order valence-corrected chi connectivity index (χ3v) is 5.51. The lowest BCUT2D eigenvalue weighted by Gasteiger charge is -2.05. The molecule has 5 rings (SSSR count). The lowest BCUT2D eigenvalue weighted by atomic mass is 10.2. The van der Waals surface area contributed by atoms with Crippen LogP contribution >= 0.6 is 11.3 Å². The molecule has 31 heavy (non-hydrogen) atoms. The Bertz CT molecular complexity index is 1290. The summed E-state index contributed by atoms with van der Waals surface area (Å²) in [4.78, 5) is 25.4. The molecule has 0 aliphatic heterocycles. The number of aromatic nitrogens is 6. The summed E-state index contributed by atoms with van der Waals surface area (Å²) >= 11 is 1.42. The maximum absolute atomic E-state index is 12.5. The predicted octanol–water partition coefficient (Wildman–Crippen LogP) is 3.51. The third-order valence-electron chi connectivity index (χ3n) is 4.62. The Hall–Kier alpha value is -4.11. The molecular weight excluding hydrogens is 410 g/mol. The SMILES string of the molecule is O=C(NCc1ccc(-n2ccnc2)nc1)c1csc(-c2cnn(-c3ccccc3)c2)n1. The van der Waals surface area contributed by atoms with Gasteiger partial charge in [-0.15, -0.1) is 11.3 Å². The minimum absolute atomic E-state index is 0.225. The van der Waals surface area contributed by atoms with E-state index in [1.54, 1.807) is 35.0 Å². The van der Waals surface area contributed by atoms with Crippen molar-refractivity contribution in [3.8, 4) is 22.1 Å². The molecule has 0 saturated heterocycles. The van der Waals surface area contributed by atoms with E-state index in [4.69, 9.17) is 0 Å². The van der Waals surface area contributed by atoms with Crippen molar-refractivity contribution in [3.63, 3.8) is 0 Å². The smallest absolute Gasteiger partial charge is 0.271 e. The van der Waals surface area contributed by atoms with E-state index in [0.717, 1.165) is 27.6 Å². The van der Waals surface area contributed by atoms with Gasteiger partial charge in [-0.3, -0.25) is 9.36 Å². The van der Waals surface area contributed by atoms with Crippen molar-refractivity contribution >= 4 is 17.2 Å². The van der Waals surface area contributed by atoms with E-state index >= 15 is 0 Å². The molecule has 1 amide bonds. The van der Waals surface area contributed by atoms with Crippen molar-refractivity contribution in [3.05, 3.63) is 96.4 Å². The van der Waals surface area contributed by atoms with Crippen LogP contribution in [0.2, 0.25) is 0 Å². The molecule has 9 heteroatoms. The number of nitrogens with one attached hydrogen (secondary N) is 1. The summed E-state index contributed by atoms with van der Waals surface area (Å²) in [6, 6.07) is 13.7. The number of nitrogens with zero attached hydrogens (tertiary/aromatic N) is 6. The van der Waals surface area contributed by atoms with Gasteiger partial charge in [-0.05, 0) is 23.8 Å². The Morgan fingerprint density at radius 3 is 2.77 bits per heavy atom. The van der Waals surface area contributed by atoms with E-state index < -0.39 is 0 Å². The number of hydrogen-bond donors (Lipinski definition) is 1. The molecule has 0 fully saturated rings. The number of carbonyl (C=O) groups is 1. The zero-order chi connectivity index (χ0) is 21.0. The summed E-state index contributed by atoms with van der Waals surface area (Å²) in [5, 5.41) is 9.78. The maximum Gasteiger partial charge on any atom is 0.271 e. The molecule has 0 atom stereocenters. The average molecular weight is 427 g/mol. The molecule has 0 aliphatic rings. The lowest BCUT2D eigenvalue weighted by Crippen LogP contribution is -2.23. The zero-order valence-electron chi connectivity index (χ0n) is 16.3. The Morgan fingerprint density at radius 1 is 1.10 bits per heavy atom. The fourth-order valence-electron chi connectivity index (χ4n) is 3.01. The lowest BCUT2D eigenvalue weighted by molar-refractivity contribution is 0.0946. The molecule has 0 spiro atoms. The number of pyridine rings is 1. The van der Waals surface area contributed by atoms with Crippen molar-refractivity contribution < 1.29 is 4.79 Å². The fourth-order valence-corrected chi connectivity index (χ4v) is 3.78. The molecule has 0 unspecified atom stereocenters. The van der Waals surface area contributed by atoms with Crippen LogP contribution in [-0.2, 0) is 6.54 Å². The van der Waals surface area contributed by atoms with Gasteiger partial charge in [0.2, 0.25) is 0 Å². The van der Waals surface area contributed by atoms with Crippen LogP contribution in [-0.4, -0.2) is 35.2 Å². The number of hydrogen-bond acceptors (Lipinski definition) is 6. The van der Waals surface area contributed by atoms with E-state index in [2.05, 4.69) is 25.4 Å². The average Bonchev–Trinajstić information content (AvgIpc) is 3.59. The van der Waals surface area contributed by atoms with Crippen molar-refractivity contribution in [2.45, 2.75) is 6.54 Å². The molecule has 1 N–H and O–H groups in total. The van der Waals surface area contributed by atoms with Gasteiger partial charge in [0.05, 0.1) is 11.9 Å². The number of rotatable bonds is 6. The molecule has 0 saturated carbocycles. The summed E-state index contributed by atoms with van der Waals surface area (Å²) in [7, 11) is 0. The van der Waals surface area contributed by atoms with E-state index in [1.165, 1.54) is 11.3 Å². The minimum atomic E-state index is -0.225. The first kappa shape index (κ1) is 18.9. The van der Waals surface area contributed by atoms with Crippen molar-refractivity contribution in [1.82, 2.24) is 34.6 Å². The van der Waals surface area contributed by atoms with E-state index in [1.807, 2.05) is 59.4 Å². The standard InChI is InChI=1S/C22H17N7OS/c30-21(25-11-16-6-7-20(24-10-16)28-9-8-23-15-28)19-14-31-22(27-19)17-12-26-29(13-17)18-4-2-1-3-5-18/h1-10,12-15H,11H2,(H,25,30). The quantitative estimate of drug-likeness (QED) is 0.448. The summed E-state index contributed by atoms with van der Waals surface area (Å²) in [5.41, 5.74) is 3.12. The summed E-state index contributed by atoms with van der Waals surface area (Å²) < 4.78 is 3.61. The zero-order valence-corrected chi connectivity index (χ0v) is 17.1. The van der Waals surface area contributed by atoms with E-state index in [0.29, 0.717) is 12.2 Å². The van der Waals surface area contributed by atoms with Gasteiger partial charge in [0.15, 0.2) is 0 Å². The van der Waals surface area contributed by atoms with Gasteiger partial charge < -0.3 is 5.32 Å². The molecule has 0 bridgehead atoms. The summed E-state index contributed by atoms with van der Waals surface area (Å²) in [6.07, 6.45) is 10.6. The first-order valence-electron chi connectivity index (χ1n) is 9.54. The molecule has 8 nitrogen and oxygen atoms in total. The second-order valence-corrected chi connectivity index (χ2v) is 7.58. The first-order valence-corrected chi connectivity index (χ1v) is 10.4. The maximum atomic E-state index is 12.5. The minimum Gasteiger partial charge on any atom is -0.347 e. The normalized spacial score (nSPS) is 10.8. The van der Waals surface area contributed by atoms with Crippen molar-refractivity contribution in [1.29, 1.82) is 0 Å². The van der Waals surface area contributed by atoms with Gasteiger partial charge in [0.1, 0.15) is 22.8 Å². The van der Waals surface area contributed by atoms with Gasteiger partial charge in [-0.25, -0.2) is 19.6 Å². The molecule has 1 aromatic carbocycles. The Labute approximate surface area is 181 Å². The number of para-hydroxylation sites is 1. The second kappa shape index (κ2) is 8.33. The monoisotopic (exact) mass is 427 g/mol. The Kier molecular flexibility index (Phi) is 5.07. The highest BCUT2D eigenvalue weighted by atomic mass is 32.1. The van der Waals surface area contributed by atoms with Gasteiger partial charge in [0.25, 0.3) is 5.91 Å². The van der Waals surface area contributed by atoms with E-state index in [9.17, 15) is 4.79 Å². The van der Waals surface area contributed by atoms with Crippen LogP contribution in [0.5, 0.6) is 0 Å². The predicted molar refractivity (Wildman–Crippen MR) is 117 cm³/mol. The van der Waals surface area contributed by atoms with Gasteiger partial charge >= 0.3 is 0 Å². The van der Waals surface area contributed by atoms with Gasteiger partial charge in [0, 0.05) is 42.3 Å². The van der Waals surface area contributed by atoms with Crippen LogP contribution in [0.3, 0.4) is 0 Å². The van der Waals surface area contributed by atoms with E-state index in [-0.39, 0.29) is 5.91 Å². The van der Waals surface area contributed by atoms with Gasteiger partial charge in [-0.2, -0.15) is 5.10 Å². The number of thiazole rings is 1. The van der Waals surface area contributed by atoms with Gasteiger partial charge in [-0.1, -0.05) is 24.3 Å². The number of carbonyl (C=O) groups excluding carboxylic acids is 1. The van der Waals surface area contributed by atoms with Crippen LogP contribution in [0.4, 0.5) is 0 Å². The highest BCUT2D eigenvalue weighted by Gasteiger charge is 2.13. The largest absolute Gasteiger partial charge is 0.347 e. The second-order valence-electron chi connectivity index (χ2n) is 6.72. The highest BCUT2D eigenvalue weighted by Crippen LogP contribution is 2.24. The number of imidazole rings is 1.